The highest BCUT2D eigenvalue weighted by molar-refractivity contribution is 7.82. The molecular formula is C22H30N6OS. The molecule has 1 unspecified atom stereocenters. The van der Waals surface area contributed by atoms with E-state index >= 15 is 0 Å². The second-order valence-corrected chi connectivity index (χ2v) is 10.9. The summed E-state index contributed by atoms with van der Waals surface area (Å²) in [6.07, 6.45) is 8.25. The second-order valence-electron chi connectivity index (χ2n) is 9.49. The minimum atomic E-state index is -1.27. The van der Waals surface area contributed by atoms with Crippen LogP contribution in [0.3, 0.4) is 0 Å². The molecule has 0 bridgehead atoms. The number of likely N-dealkylation sites (tertiary alicyclic amines) is 1. The fourth-order valence-electron chi connectivity index (χ4n) is 5.96. The highest BCUT2D eigenvalue weighted by atomic mass is 32.2. The van der Waals surface area contributed by atoms with Crippen molar-refractivity contribution in [1.29, 1.82) is 0 Å². The number of rotatable bonds is 5. The Bertz CT molecular complexity index is 979. The Hall–Kier alpha value is -1.77. The summed E-state index contributed by atoms with van der Waals surface area (Å²) >= 11 is 0. The van der Waals surface area contributed by atoms with Gasteiger partial charge in [0, 0.05) is 30.7 Å². The first-order valence-electron chi connectivity index (χ1n) is 11.4. The molecule has 1 atom stereocenters. The molecule has 0 amide bonds. The van der Waals surface area contributed by atoms with E-state index in [1.54, 1.807) is 0 Å². The van der Waals surface area contributed by atoms with Crippen molar-refractivity contribution >= 4 is 22.6 Å². The van der Waals surface area contributed by atoms with E-state index in [1.165, 1.54) is 66.6 Å². The molecule has 4 aliphatic rings. The molecule has 0 saturated carbocycles. The van der Waals surface area contributed by atoms with Gasteiger partial charge in [0.25, 0.3) is 0 Å². The summed E-state index contributed by atoms with van der Waals surface area (Å²) in [5.41, 5.74) is 7.41. The Morgan fingerprint density at radius 1 is 1.13 bits per heavy atom. The molecule has 1 aromatic heterocycles. The fraction of sp³-hybridized carbons (Fsp3) is 0.636. The second kappa shape index (κ2) is 7.14. The number of aromatic nitrogens is 3. The highest BCUT2D eigenvalue weighted by Gasteiger charge is 2.49. The topological polar surface area (TPSA) is 77.2 Å². The first-order valence-corrected chi connectivity index (χ1v) is 12.5. The van der Waals surface area contributed by atoms with Crippen LogP contribution >= 0.6 is 0 Å². The third-order valence-electron chi connectivity index (χ3n) is 7.56. The van der Waals surface area contributed by atoms with Crippen LogP contribution in [0, 0.1) is 5.41 Å². The molecule has 30 heavy (non-hydrogen) atoms. The molecule has 2 N–H and O–H groups in total. The first-order chi connectivity index (χ1) is 14.6. The summed E-state index contributed by atoms with van der Waals surface area (Å²) < 4.78 is 15.0. The van der Waals surface area contributed by atoms with Gasteiger partial charge < -0.3 is 10.2 Å². The number of H-pyrrole nitrogens is 1. The smallest absolute Gasteiger partial charge is 0.247 e. The van der Waals surface area contributed by atoms with Gasteiger partial charge in [-0.3, -0.25) is 0 Å². The van der Waals surface area contributed by atoms with Crippen molar-refractivity contribution in [1.82, 2.24) is 24.4 Å². The minimum absolute atomic E-state index is 0.331. The number of aryl methyl sites for hydroxylation is 2. The summed E-state index contributed by atoms with van der Waals surface area (Å²) in [5.74, 6) is 0.543. The quantitative estimate of drug-likeness (QED) is 0.769. The summed E-state index contributed by atoms with van der Waals surface area (Å²) in [5, 5.41) is 11.3. The van der Waals surface area contributed by atoms with Gasteiger partial charge in [0.15, 0.2) is 11.0 Å². The predicted molar refractivity (Wildman–Crippen MR) is 117 cm³/mol. The summed E-state index contributed by atoms with van der Waals surface area (Å²) in [6.45, 7) is 7.39. The molecule has 1 spiro atoms. The lowest BCUT2D eigenvalue weighted by Crippen LogP contribution is -2.57. The van der Waals surface area contributed by atoms with Crippen LogP contribution in [0.15, 0.2) is 11.2 Å². The molecular weight excluding hydrogens is 396 g/mol. The van der Waals surface area contributed by atoms with E-state index in [9.17, 15) is 4.21 Å². The van der Waals surface area contributed by atoms with Crippen LogP contribution in [-0.2, 0) is 36.7 Å². The van der Waals surface area contributed by atoms with Crippen molar-refractivity contribution in [3.05, 3.63) is 28.3 Å². The van der Waals surface area contributed by atoms with Gasteiger partial charge in [-0.15, -0.1) is 5.10 Å². The number of anilines is 2. The van der Waals surface area contributed by atoms with Crippen molar-refractivity contribution in [2.75, 3.05) is 38.0 Å². The lowest BCUT2D eigenvalue weighted by Gasteiger charge is -2.46. The molecule has 2 aliphatic carbocycles. The third kappa shape index (κ3) is 3.03. The van der Waals surface area contributed by atoms with Crippen LogP contribution in [-0.4, -0.2) is 61.3 Å². The van der Waals surface area contributed by atoms with E-state index in [0.717, 1.165) is 39.0 Å². The molecule has 7 nitrogen and oxygen atoms in total. The Morgan fingerprint density at radius 2 is 1.87 bits per heavy atom. The maximum Gasteiger partial charge on any atom is 0.247 e. The molecule has 6 rings (SSSR count). The van der Waals surface area contributed by atoms with Gasteiger partial charge in [-0.05, 0) is 80.3 Å². The molecule has 160 valence electrons. The Kier molecular flexibility index (Phi) is 4.51. The number of aromatic amines is 1. The Labute approximate surface area is 180 Å². The zero-order chi connectivity index (χ0) is 20.3. The third-order valence-corrected chi connectivity index (χ3v) is 8.80. The number of nitrogens with zero attached hydrogens (tertiary/aromatic N) is 4. The maximum atomic E-state index is 13.0. The van der Waals surface area contributed by atoms with Crippen LogP contribution in [0.5, 0.6) is 0 Å². The maximum absolute atomic E-state index is 13.0. The van der Waals surface area contributed by atoms with Gasteiger partial charge in [-0.25, -0.2) is 13.6 Å². The van der Waals surface area contributed by atoms with E-state index in [1.807, 2.05) is 4.31 Å². The number of hydrogen-bond acceptors (Lipinski definition) is 5. The van der Waals surface area contributed by atoms with Crippen LogP contribution in [0.25, 0.3) is 0 Å². The summed E-state index contributed by atoms with van der Waals surface area (Å²) in [6, 6.07) is 2.43. The minimum Gasteiger partial charge on any atom is -0.322 e. The van der Waals surface area contributed by atoms with Crippen LogP contribution < -0.4 is 5.32 Å². The van der Waals surface area contributed by atoms with E-state index < -0.39 is 11.0 Å². The van der Waals surface area contributed by atoms with Gasteiger partial charge in [0.2, 0.25) is 11.1 Å². The Balaban J connectivity index is 1.18. The molecule has 0 radical (unpaired) electrons. The van der Waals surface area contributed by atoms with Crippen molar-refractivity contribution < 1.29 is 4.21 Å². The Morgan fingerprint density at radius 3 is 2.53 bits per heavy atom. The number of nitrogens with one attached hydrogen (secondary N) is 2. The van der Waals surface area contributed by atoms with Gasteiger partial charge in [-0.1, -0.05) is 13.0 Å². The summed E-state index contributed by atoms with van der Waals surface area (Å²) in [4.78, 5) is 7.07. The summed E-state index contributed by atoms with van der Waals surface area (Å²) in [7, 11) is -1.27. The molecule has 1 aromatic carbocycles. The molecule has 2 saturated heterocycles. The van der Waals surface area contributed by atoms with E-state index in [4.69, 9.17) is 0 Å². The van der Waals surface area contributed by atoms with Gasteiger partial charge in [0.05, 0.1) is 0 Å². The first kappa shape index (κ1) is 19.0. The highest BCUT2D eigenvalue weighted by Crippen LogP contribution is 2.41. The molecule has 2 fully saturated rings. The van der Waals surface area contributed by atoms with Crippen LogP contribution in [0.4, 0.5) is 11.6 Å². The zero-order valence-electron chi connectivity index (χ0n) is 17.7. The lowest BCUT2D eigenvalue weighted by atomic mass is 9.81. The number of hydrogen-bond donors (Lipinski definition) is 2. The monoisotopic (exact) mass is 426 g/mol. The van der Waals surface area contributed by atoms with Crippen LogP contribution in [0.1, 0.15) is 48.4 Å². The standard InChI is InChI=1S/C22H30N6OS/c1-2-27-10-9-22(12-27)13-28(14-22)30(29)21-24-20(25-26-21)23-19-17-7-3-5-15(17)11-16-6-4-8-18(16)19/h11H,2-10,12-14H2,1H3,(H2,23,24,25,26). The van der Waals surface area contributed by atoms with Crippen molar-refractivity contribution in [3.63, 3.8) is 0 Å². The van der Waals surface area contributed by atoms with E-state index in [2.05, 4.69) is 38.4 Å². The van der Waals surface area contributed by atoms with Gasteiger partial charge in [0.1, 0.15) is 0 Å². The predicted octanol–water partition coefficient (Wildman–Crippen LogP) is 2.58. The average molecular weight is 427 g/mol. The van der Waals surface area contributed by atoms with Crippen LogP contribution in [0.2, 0.25) is 0 Å². The van der Waals surface area contributed by atoms with Gasteiger partial charge >= 0.3 is 0 Å². The van der Waals surface area contributed by atoms with E-state index in [0.29, 0.717) is 16.5 Å². The largest absolute Gasteiger partial charge is 0.322 e. The van der Waals surface area contributed by atoms with Gasteiger partial charge in [-0.2, -0.15) is 4.98 Å². The lowest BCUT2D eigenvalue weighted by molar-refractivity contribution is 0.0833. The number of fused-ring (bicyclic) bond motifs is 2. The fourth-order valence-corrected chi connectivity index (χ4v) is 7.27. The SMILES string of the molecule is CCN1CCC2(C1)CN(S(=O)c1nc(Nc3c4c(cc5c3CCC5)CCC4)n[nH]1)C2. The number of benzene rings is 1. The normalized spacial score (nSPS) is 23.5. The average Bonchev–Trinajstić information content (AvgIpc) is 3.50. The van der Waals surface area contributed by atoms with Crippen molar-refractivity contribution in [2.45, 2.75) is 57.0 Å². The van der Waals surface area contributed by atoms with Crippen molar-refractivity contribution in [2.24, 2.45) is 5.41 Å². The molecule has 8 heteroatoms. The molecule has 2 aromatic rings. The van der Waals surface area contributed by atoms with Crippen molar-refractivity contribution in [3.8, 4) is 0 Å². The molecule has 3 heterocycles. The zero-order valence-corrected chi connectivity index (χ0v) is 18.5. The molecule has 2 aliphatic heterocycles. The van der Waals surface area contributed by atoms with E-state index in [-0.39, 0.29) is 0 Å².